The fourth-order valence-corrected chi connectivity index (χ4v) is 8.67. The van der Waals surface area contributed by atoms with E-state index in [9.17, 15) is 0 Å². The van der Waals surface area contributed by atoms with Gasteiger partial charge in [0, 0.05) is 35.1 Å². The van der Waals surface area contributed by atoms with E-state index >= 15 is 4.57 Å². The number of aliphatic imine (C=N–C) groups is 2. The molecule has 49 heavy (non-hydrogen) atoms. The molecular weight excluding hydrogens is 619 g/mol. The highest BCUT2D eigenvalue weighted by molar-refractivity contribution is 7.60. The van der Waals surface area contributed by atoms with Crippen molar-refractivity contribution in [2.75, 3.05) is 6.61 Å². The van der Waals surface area contributed by atoms with Gasteiger partial charge in [-0.2, -0.15) is 0 Å². The van der Waals surface area contributed by atoms with Crippen molar-refractivity contribution in [3.05, 3.63) is 215 Å². The van der Waals surface area contributed by atoms with Gasteiger partial charge in [-0.1, -0.05) is 182 Å². The molecule has 0 saturated heterocycles. The molecule has 0 aliphatic heterocycles. The molecule has 0 aromatic heterocycles. The molecule has 1 unspecified atom stereocenters. The minimum atomic E-state index is -3.74. The van der Waals surface area contributed by atoms with E-state index in [1.807, 2.05) is 116 Å². The molecule has 0 fully saturated rings. The summed E-state index contributed by atoms with van der Waals surface area (Å²) in [5.74, 6) is -1.45. The summed E-state index contributed by atoms with van der Waals surface area (Å²) in [6, 6.07) is 60.8. The van der Waals surface area contributed by atoms with Crippen molar-refractivity contribution >= 4 is 18.8 Å². The first-order valence-electron chi connectivity index (χ1n) is 16.8. The predicted octanol–water partition coefficient (Wildman–Crippen LogP) is 10.5. The SMILES string of the molecule is CCOP(=O)([C@H](Cc1ccccc1)N=C(c1ccccc1)c1ccccc1)[C@@H](Cc1ccccc1)N=C(c1ccccc1)c1ccccc1. The molecule has 0 saturated carbocycles. The van der Waals surface area contributed by atoms with E-state index in [0.717, 1.165) is 44.8 Å². The van der Waals surface area contributed by atoms with E-state index in [-0.39, 0.29) is 6.61 Å². The zero-order valence-electron chi connectivity index (χ0n) is 27.8. The first kappa shape index (κ1) is 33.7. The summed E-state index contributed by atoms with van der Waals surface area (Å²) in [4.78, 5) is 11.0. The van der Waals surface area contributed by atoms with Crippen LogP contribution in [0, 0.1) is 0 Å². The van der Waals surface area contributed by atoms with Crippen LogP contribution >= 0.6 is 7.37 Å². The third-order valence-corrected chi connectivity index (χ3v) is 11.3. The van der Waals surface area contributed by atoms with Gasteiger partial charge in [-0.25, -0.2) is 0 Å². The van der Waals surface area contributed by atoms with Crippen molar-refractivity contribution in [1.82, 2.24) is 0 Å². The van der Waals surface area contributed by atoms with Gasteiger partial charge in [0.1, 0.15) is 11.6 Å². The van der Waals surface area contributed by atoms with Crippen LogP contribution in [0.3, 0.4) is 0 Å². The van der Waals surface area contributed by atoms with Crippen LogP contribution in [0.5, 0.6) is 0 Å². The van der Waals surface area contributed by atoms with Gasteiger partial charge < -0.3 is 4.52 Å². The second-order valence-electron chi connectivity index (χ2n) is 11.8. The van der Waals surface area contributed by atoms with Crippen LogP contribution in [-0.2, 0) is 21.9 Å². The lowest BCUT2D eigenvalue weighted by Gasteiger charge is -2.31. The predicted molar refractivity (Wildman–Crippen MR) is 204 cm³/mol. The number of rotatable bonds is 14. The Morgan fingerprint density at radius 2 is 0.735 bits per heavy atom. The smallest absolute Gasteiger partial charge is 0.251 e. The lowest BCUT2D eigenvalue weighted by Crippen LogP contribution is -2.25. The monoisotopic (exact) mass is 660 g/mol. The summed E-state index contributed by atoms with van der Waals surface area (Å²) in [5.41, 5.74) is 7.42. The average Bonchev–Trinajstić information content (AvgIpc) is 3.17. The Balaban J connectivity index is 1.60. The minimum absolute atomic E-state index is 0.261. The molecule has 0 N–H and O–H groups in total. The highest BCUT2D eigenvalue weighted by atomic mass is 31.2. The number of nitrogens with zero attached hydrogens (tertiary/aromatic N) is 2. The van der Waals surface area contributed by atoms with E-state index in [2.05, 4.69) is 72.8 Å². The minimum Gasteiger partial charge on any atom is -0.326 e. The molecule has 6 aromatic carbocycles. The number of benzene rings is 6. The van der Waals surface area contributed by atoms with Crippen LogP contribution < -0.4 is 0 Å². The Bertz CT molecular complexity index is 1760. The molecule has 0 bridgehead atoms. The van der Waals surface area contributed by atoms with Gasteiger partial charge in [0.25, 0.3) is 7.37 Å². The van der Waals surface area contributed by atoms with Crippen LogP contribution in [0.4, 0.5) is 0 Å². The van der Waals surface area contributed by atoms with Crippen molar-refractivity contribution < 1.29 is 9.09 Å². The van der Waals surface area contributed by atoms with Gasteiger partial charge in [0.15, 0.2) is 0 Å². The van der Waals surface area contributed by atoms with Gasteiger partial charge in [-0.3, -0.25) is 14.5 Å². The molecule has 0 aliphatic carbocycles. The van der Waals surface area contributed by atoms with Gasteiger partial charge in [-0.15, -0.1) is 0 Å². The van der Waals surface area contributed by atoms with Gasteiger partial charge >= 0.3 is 0 Å². The topological polar surface area (TPSA) is 51.0 Å². The molecule has 6 rings (SSSR count). The quantitative estimate of drug-likeness (QED) is 0.0862. The first-order chi connectivity index (χ1) is 24.1. The summed E-state index contributed by atoms with van der Waals surface area (Å²) in [5, 5.41) is 0. The van der Waals surface area contributed by atoms with E-state index < -0.39 is 18.9 Å². The van der Waals surface area contributed by atoms with Crippen LogP contribution in [0.15, 0.2) is 192 Å². The molecule has 3 atom stereocenters. The molecular formula is C44H41N2O2P. The third-order valence-electron chi connectivity index (χ3n) is 8.43. The van der Waals surface area contributed by atoms with Crippen molar-refractivity contribution in [1.29, 1.82) is 0 Å². The highest BCUT2D eigenvalue weighted by Crippen LogP contribution is 2.59. The maximum Gasteiger partial charge on any atom is 0.251 e. The van der Waals surface area contributed by atoms with E-state index in [0.29, 0.717) is 12.8 Å². The van der Waals surface area contributed by atoms with Crippen molar-refractivity contribution in [2.24, 2.45) is 9.98 Å². The molecule has 4 nitrogen and oxygen atoms in total. The zero-order chi connectivity index (χ0) is 33.7. The summed E-state index contributed by atoms with van der Waals surface area (Å²) < 4.78 is 22.8. The Hall–Kier alpha value is -5.15. The molecule has 0 radical (unpaired) electrons. The summed E-state index contributed by atoms with van der Waals surface area (Å²) >= 11 is 0. The second-order valence-corrected chi connectivity index (χ2v) is 14.6. The molecule has 0 aliphatic rings. The second kappa shape index (κ2) is 16.8. The largest absolute Gasteiger partial charge is 0.326 e. The Morgan fingerprint density at radius 3 is 1.00 bits per heavy atom. The summed E-state index contributed by atoms with van der Waals surface area (Å²) in [6.07, 6.45) is 0.849. The molecule has 244 valence electrons. The Labute approximate surface area is 290 Å². The van der Waals surface area contributed by atoms with E-state index in [1.54, 1.807) is 0 Å². The highest BCUT2D eigenvalue weighted by Gasteiger charge is 2.43. The first-order valence-corrected chi connectivity index (χ1v) is 18.6. The summed E-state index contributed by atoms with van der Waals surface area (Å²) in [7, 11) is -3.74. The fraction of sp³-hybridized carbons (Fsp3) is 0.136. The normalized spacial score (nSPS) is 13.4. The van der Waals surface area contributed by atoms with E-state index in [1.165, 1.54) is 0 Å². The third kappa shape index (κ3) is 8.66. The molecule has 0 spiro atoms. The standard InChI is InChI=1S/C44H41N2O2P/c1-2-48-49(47,41(33-35-21-9-3-10-22-35)45-43(37-25-13-5-14-26-37)38-27-15-6-16-28-38)42(34-36-23-11-4-12-24-36)46-44(39-29-17-7-18-30-39)40-31-19-8-20-32-40/h3-32,41-42H,2,33-34H2,1H3/t41-,42+,49?. The number of hydrogen-bond donors (Lipinski definition) is 0. The van der Waals surface area contributed by atoms with Crippen molar-refractivity contribution in [3.63, 3.8) is 0 Å². The number of hydrogen-bond acceptors (Lipinski definition) is 4. The van der Waals surface area contributed by atoms with Crippen LogP contribution in [0.1, 0.15) is 40.3 Å². The molecule has 0 amide bonds. The van der Waals surface area contributed by atoms with Gasteiger partial charge in [0.2, 0.25) is 0 Å². The zero-order valence-corrected chi connectivity index (χ0v) is 28.6. The fourth-order valence-electron chi connectivity index (χ4n) is 6.04. The van der Waals surface area contributed by atoms with Crippen molar-refractivity contribution in [2.45, 2.75) is 31.3 Å². The lowest BCUT2D eigenvalue weighted by atomic mass is 10.0. The molecule has 6 aromatic rings. The van der Waals surface area contributed by atoms with E-state index in [4.69, 9.17) is 14.5 Å². The average molecular weight is 661 g/mol. The van der Waals surface area contributed by atoms with Crippen LogP contribution in [0.25, 0.3) is 0 Å². The molecule has 5 heteroatoms. The summed E-state index contributed by atoms with van der Waals surface area (Å²) in [6.45, 7) is 2.17. The van der Waals surface area contributed by atoms with Gasteiger partial charge in [-0.05, 0) is 18.1 Å². The lowest BCUT2D eigenvalue weighted by molar-refractivity contribution is 0.317. The Morgan fingerprint density at radius 1 is 0.469 bits per heavy atom. The maximum absolute atomic E-state index is 16.2. The van der Waals surface area contributed by atoms with Crippen molar-refractivity contribution in [3.8, 4) is 0 Å². The van der Waals surface area contributed by atoms with Crippen LogP contribution in [0.2, 0.25) is 0 Å². The molecule has 0 heterocycles. The van der Waals surface area contributed by atoms with Gasteiger partial charge in [0.05, 0.1) is 18.0 Å². The van der Waals surface area contributed by atoms with Crippen LogP contribution in [-0.4, -0.2) is 29.6 Å². The Kier molecular flexibility index (Phi) is 11.6. The maximum atomic E-state index is 16.2.